The molecular weight excluding hydrogens is 266 g/mol. The van der Waals surface area contributed by atoms with Crippen LogP contribution in [0.2, 0.25) is 0 Å². The molecule has 2 aromatic heterocycles. The minimum absolute atomic E-state index is 0.314. The van der Waals surface area contributed by atoms with E-state index in [1.807, 2.05) is 44.2 Å². The second-order valence-electron chi connectivity index (χ2n) is 4.70. The summed E-state index contributed by atoms with van der Waals surface area (Å²) < 4.78 is 5.86. The molecule has 0 saturated carbocycles. The summed E-state index contributed by atoms with van der Waals surface area (Å²) >= 11 is 0. The highest BCUT2D eigenvalue weighted by atomic mass is 16.5. The number of hydrogen-bond acceptors (Lipinski definition) is 6. The lowest BCUT2D eigenvalue weighted by atomic mass is 10.2. The number of pyridine rings is 1. The Bertz CT molecular complexity index is 803. The second kappa shape index (κ2) is 5.34. The Morgan fingerprint density at radius 2 is 1.86 bits per heavy atom. The van der Waals surface area contributed by atoms with Crippen LogP contribution in [-0.4, -0.2) is 15.0 Å². The Kier molecular flexibility index (Phi) is 3.37. The molecule has 0 aliphatic heterocycles. The van der Waals surface area contributed by atoms with Crippen molar-refractivity contribution in [1.29, 1.82) is 0 Å². The first kappa shape index (κ1) is 13.3. The third-order valence-corrected chi connectivity index (χ3v) is 3.00. The van der Waals surface area contributed by atoms with E-state index >= 15 is 0 Å². The summed E-state index contributed by atoms with van der Waals surface area (Å²) in [7, 11) is 0. The van der Waals surface area contributed by atoms with Crippen molar-refractivity contribution >= 4 is 16.9 Å². The number of hydrazine groups is 1. The van der Waals surface area contributed by atoms with E-state index in [0.717, 1.165) is 22.3 Å². The van der Waals surface area contributed by atoms with E-state index in [-0.39, 0.29) is 0 Å². The predicted octanol–water partition coefficient (Wildman–Crippen LogP) is 2.72. The van der Waals surface area contributed by atoms with Crippen LogP contribution in [0.1, 0.15) is 11.4 Å². The fourth-order valence-electron chi connectivity index (χ4n) is 2.07. The van der Waals surface area contributed by atoms with E-state index in [1.54, 1.807) is 6.07 Å². The number of nitrogen functional groups attached to an aromatic ring is 1. The number of nitrogens with one attached hydrogen (secondary N) is 1. The maximum Gasteiger partial charge on any atom is 0.240 e. The van der Waals surface area contributed by atoms with E-state index in [0.29, 0.717) is 17.6 Å². The SMILES string of the molecule is Cc1cc(Oc2cccc3ccc(C)nc23)nc(NN)n1. The molecule has 0 bridgehead atoms. The smallest absolute Gasteiger partial charge is 0.240 e. The number of anilines is 1. The number of nitrogens with zero attached hydrogens (tertiary/aromatic N) is 3. The van der Waals surface area contributed by atoms with Crippen LogP contribution in [-0.2, 0) is 0 Å². The minimum Gasteiger partial charge on any atom is -0.437 e. The first-order chi connectivity index (χ1) is 10.2. The average Bonchev–Trinajstić information content (AvgIpc) is 2.47. The van der Waals surface area contributed by atoms with Gasteiger partial charge < -0.3 is 4.74 Å². The van der Waals surface area contributed by atoms with Gasteiger partial charge in [-0.1, -0.05) is 18.2 Å². The van der Waals surface area contributed by atoms with Crippen molar-refractivity contribution in [3.8, 4) is 11.6 Å². The van der Waals surface area contributed by atoms with Gasteiger partial charge in [0, 0.05) is 22.8 Å². The second-order valence-corrected chi connectivity index (χ2v) is 4.70. The van der Waals surface area contributed by atoms with E-state index in [2.05, 4.69) is 20.4 Å². The summed E-state index contributed by atoms with van der Waals surface area (Å²) in [5.41, 5.74) is 4.92. The number of hydrogen-bond donors (Lipinski definition) is 2. The van der Waals surface area contributed by atoms with Crippen molar-refractivity contribution in [2.24, 2.45) is 5.84 Å². The molecule has 0 atom stereocenters. The summed E-state index contributed by atoms with van der Waals surface area (Å²) in [4.78, 5) is 12.8. The van der Waals surface area contributed by atoms with Crippen molar-refractivity contribution in [1.82, 2.24) is 15.0 Å². The minimum atomic E-state index is 0.314. The largest absolute Gasteiger partial charge is 0.437 e. The number of para-hydroxylation sites is 1. The third-order valence-electron chi connectivity index (χ3n) is 3.00. The lowest BCUT2D eigenvalue weighted by molar-refractivity contribution is 0.465. The number of ether oxygens (including phenoxy) is 1. The van der Waals surface area contributed by atoms with Gasteiger partial charge in [0.15, 0.2) is 5.75 Å². The molecule has 0 aliphatic carbocycles. The van der Waals surface area contributed by atoms with Crippen LogP contribution >= 0.6 is 0 Å². The number of benzene rings is 1. The zero-order valence-corrected chi connectivity index (χ0v) is 11.8. The Balaban J connectivity index is 2.05. The molecule has 0 unspecified atom stereocenters. The third kappa shape index (κ3) is 2.75. The van der Waals surface area contributed by atoms with Gasteiger partial charge in [-0.25, -0.2) is 15.8 Å². The molecule has 0 spiro atoms. The number of nitrogens with two attached hydrogens (primary N) is 1. The quantitative estimate of drug-likeness (QED) is 0.567. The number of rotatable bonds is 3. The Morgan fingerprint density at radius 1 is 1.00 bits per heavy atom. The van der Waals surface area contributed by atoms with E-state index in [1.165, 1.54) is 0 Å². The van der Waals surface area contributed by atoms with Crippen LogP contribution in [0.5, 0.6) is 11.6 Å². The van der Waals surface area contributed by atoms with Crippen LogP contribution in [0, 0.1) is 13.8 Å². The topological polar surface area (TPSA) is 86.0 Å². The Morgan fingerprint density at radius 3 is 2.67 bits per heavy atom. The molecule has 1 aromatic carbocycles. The average molecular weight is 281 g/mol. The lowest BCUT2D eigenvalue weighted by Crippen LogP contribution is -2.11. The lowest BCUT2D eigenvalue weighted by Gasteiger charge is -2.09. The Hall–Kier alpha value is -2.73. The molecule has 0 saturated heterocycles. The van der Waals surface area contributed by atoms with E-state index in [4.69, 9.17) is 10.6 Å². The first-order valence-corrected chi connectivity index (χ1v) is 6.52. The zero-order chi connectivity index (χ0) is 14.8. The molecule has 21 heavy (non-hydrogen) atoms. The summed E-state index contributed by atoms with van der Waals surface area (Å²) in [6.45, 7) is 3.79. The predicted molar refractivity (Wildman–Crippen MR) is 81.1 cm³/mol. The van der Waals surface area contributed by atoms with Gasteiger partial charge in [0.1, 0.15) is 5.52 Å². The monoisotopic (exact) mass is 281 g/mol. The number of aromatic nitrogens is 3. The highest BCUT2D eigenvalue weighted by Gasteiger charge is 2.08. The Labute approximate surface area is 122 Å². The molecular formula is C15H15N5O. The van der Waals surface area contributed by atoms with Gasteiger partial charge in [0.25, 0.3) is 0 Å². The highest BCUT2D eigenvalue weighted by molar-refractivity contribution is 5.84. The van der Waals surface area contributed by atoms with Crippen molar-refractivity contribution in [3.05, 3.63) is 47.8 Å². The maximum atomic E-state index is 5.86. The van der Waals surface area contributed by atoms with Gasteiger partial charge in [-0.2, -0.15) is 4.98 Å². The zero-order valence-electron chi connectivity index (χ0n) is 11.8. The van der Waals surface area contributed by atoms with Crippen LogP contribution in [0.3, 0.4) is 0 Å². The number of fused-ring (bicyclic) bond motifs is 1. The molecule has 0 radical (unpaired) electrons. The van der Waals surface area contributed by atoms with E-state index < -0.39 is 0 Å². The van der Waals surface area contributed by atoms with Crippen LogP contribution < -0.4 is 16.0 Å². The normalized spacial score (nSPS) is 10.6. The maximum absolute atomic E-state index is 5.86. The molecule has 0 aliphatic rings. The molecule has 3 rings (SSSR count). The molecule has 3 N–H and O–H groups in total. The van der Waals surface area contributed by atoms with Gasteiger partial charge in [-0.3, -0.25) is 5.43 Å². The van der Waals surface area contributed by atoms with Crippen LogP contribution in [0.4, 0.5) is 5.95 Å². The van der Waals surface area contributed by atoms with E-state index in [9.17, 15) is 0 Å². The van der Waals surface area contributed by atoms with Gasteiger partial charge in [-0.15, -0.1) is 0 Å². The van der Waals surface area contributed by atoms with Crippen molar-refractivity contribution in [2.75, 3.05) is 5.43 Å². The standard InChI is InChI=1S/C15H15N5O/c1-9-6-7-11-4-3-5-12(14(11)17-9)21-13-8-10(2)18-15(19-13)20-16/h3-8H,16H2,1-2H3,(H,18,19,20). The first-order valence-electron chi connectivity index (χ1n) is 6.52. The summed E-state index contributed by atoms with van der Waals surface area (Å²) in [6, 6.07) is 11.5. The van der Waals surface area contributed by atoms with Crippen molar-refractivity contribution < 1.29 is 4.74 Å². The van der Waals surface area contributed by atoms with Gasteiger partial charge in [-0.05, 0) is 26.0 Å². The molecule has 3 aromatic rings. The number of aryl methyl sites for hydroxylation is 2. The summed E-state index contributed by atoms with van der Waals surface area (Å²) in [6.07, 6.45) is 0. The highest BCUT2D eigenvalue weighted by Crippen LogP contribution is 2.28. The van der Waals surface area contributed by atoms with Gasteiger partial charge in [0.05, 0.1) is 0 Å². The van der Waals surface area contributed by atoms with Crippen molar-refractivity contribution in [3.63, 3.8) is 0 Å². The van der Waals surface area contributed by atoms with Crippen molar-refractivity contribution in [2.45, 2.75) is 13.8 Å². The molecule has 2 heterocycles. The summed E-state index contributed by atoms with van der Waals surface area (Å²) in [5.74, 6) is 6.74. The van der Waals surface area contributed by atoms with Crippen LogP contribution in [0.25, 0.3) is 10.9 Å². The van der Waals surface area contributed by atoms with Gasteiger partial charge in [0.2, 0.25) is 11.8 Å². The molecule has 6 heteroatoms. The van der Waals surface area contributed by atoms with Crippen LogP contribution in [0.15, 0.2) is 36.4 Å². The molecule has 6 nitrogen and oxygen atoms in total. The fourth-order valence-corrected chi connectivity index (χ4v) is 2.07. The molecule has 0 fully saturated rings. The van der Waals surface area contributed by atoms with Gasteiger partial charge >= 0.3 is 0 Å². The molecule has 106 valence electrons. The summed E-state index contributed by atoms with van der Waals surface area (Å²) in [5, 5.41) is 1.01. The fraction of sp³-hybridized carbons (Fsp3) is 0.133. The molecule has 0 amide bonds.